The third kappa shape index (κ3) is 1.69. The Balaban J connectivity index is 2.29. The number of hydrogen-bond acceptors (Lipinski definition) is 1. The second-order valence-corrected chi connectivity index (χ2v) is 8.99. The molecule has 0 saturated heterocycles. The highest BCUT2D eigenvalue weighted by Crippen LogP contribution is 2.73. The second-order valence-electron chi connectivity index (χ2n) is 5.88. The van der Waals surface area contributed by atoms with Crippen molar-refractivity contribution in [1.29, 1.82) is 0 Å². The van der Waals surface area contributed by atoms with E-state index in [0.29, 0.717) is 16.7 Å². The molecule has 2 rings (SSSR count). The van der Waals surface area contributed by atoms with E-state index in [1.165, 1.54) is 14.2 Å². The van der Waals surface area contributed by atoms with Gasteiger partial charge in [0.15, 0.2) is 0 Å². The van der Waals surface area contributed by atoms with Gasteiger partial charge in [-0.25, -0.2) is 0 Å². The molecule has 0 spiro atoms. The Morgan fingerprint density at radius 1 is 1.31 bits per heavy atom. The highest BCUT2D eigenvalue weighted by molar-refractivity contribution is 9.11. The van der Waals surface area contributed by atoms with Crippen LogP contribution in [0.3, 0.4) is 0 Å². The fourth-order valence-corrected chi connectivity index (χ4v) is 5.57. The molecule has 1 saturated carbocycles. The minimum absolute atomic E-state index is 0.146. The van der Waals surface area contributed by atoms with Crippen molar-refractivity contribution in [2.75, 3.05) is 0 Å². The highest BCUT2D eigenvalue weighted by Gasteiger charge is 2.67. The highest BCUT2D eigenvalue weighted by atomic mass is 79.9. The SMILES string of the molecule is Cc1sc(Br)cc1C(Cl)C1C(C)(C)C1(C)C. The first-order chi connectivity index (χ1) is 7.19. The van der Waals surface area contributed by atoms with Crippen molar-refractivity contribution in [3.05, 3.63) is 20.3 Å². The lowest BCUT2D eigenvalue weighted by Gasteiger charge is -2.11. The van der Waals surface area contributed by atoms with Gasteiger partial charge in [-0.3, -0.25) is 0 Å². The predicted molar refractivity (Wildman–Crippen MR) is 76.4 cm³/mol. The van der Waals surface area contributed by atoms with Crippen molar-refractivity contribution in [1.82, 2.24) is 0 Å². The number of hydrogen-bond donors (Lipinski definition) is 0. The van der Waals surface area contributed by atoms with Gasteiger partial charge in [-0.05, 0) is 51.2 Å². The van der Waals surface area contributed by atoms with E-state index in [0.717, 1.165) is 0 Å². The van der Waals surface area contributed by atoms with E-state index in [1.807, 2.05) is 0 Å². The van der Waals surface area contributed by atoms with Crippen LogP contribution in [0.25, 0.3) is 0 Å². The van der Waals surface area contributed by atoms with Crippen molar-refractivity contribution in [3.63, 3.8) is 0 Å². The topological polar surface area (TPSA) is 0 Å². The molecule has 90 valence electrons. The van der Waals surface area contributed by atoms with Crippen LogP contribution in [0.5, 0.6) is 0 Å². The Kier molecular flexibility index (Phi) is 3.01. The Morgan fingerprint density at radius 2 is 1.81 bits per heavy atom. The van der Waals surface area contributed by atoms with Crippen LogP contribution in [-0.4, -0.2) is 0 Å². The van der Waals surface area contributed by atoms with Gasteiger partial charge in [-0.15, -0.1) is 22.9 Å². The van der Waals surface area contributed by atoms with Gasteiger partial charge in [-0.1, -0.05) is 27.7 Å². The lowest BCUT2D eigenvalue weighted by molar-refractivity contribution is 0.457. The molecular weight excluding hydrogens is 304 g/mol. The normalized spacial score (nSPS) is 24.4. The van der Waals surface area contributed by atoms with Crippen LogP contribution in [0.1, 0.15) is 43.5 Å². The second kappa shape index (κ2) is 3.73. The van der Waals surface area contributed by atoms with E-state index in [4.69, 9.17) is 11.6 Å². The summed E-state index contributed by atoms with van der Waals surface area (Å²) >= 11 is 12.0. The molecule has 1 aliphatic carbocycles. The number of thiophene rings is 1. The molecule has 16 heavy (non-hydrogen) atoms. The maximum atomic E-state index is 6.68. The van der Waals surface area contributed by atoms with E-state index in [9.17, 15) is 0 Å². The average Bonchev–Trinajstić information content (AvgIpc) is 2.37. The van der Waals surface area contributed by atoms with Gasteiger partial charge in [-0.2, -0.15) is 0 Å². The molecule has 0 bridgehead atoms. The van der Waals surface area contributed by atoms with Crippen LogP contribution in [0.4, 0.5) is 0 Å². The van der Waals surface area contributed by atoms with Gasteiger partial charge < -0.3 is 0 Å². The van der Waals surface area contributed by atoms with Crippen molar-refractivity contribution in [3.8, 4) is 0 Å². The molecule has 0 aliphatic heterocycles. The summed E-state index contributed by atoms with van der Waals surface area (Å²) in [7, 11) is 0. The molecular formula is C13H18BrClS. The van der Waals surface area contributed by atoms with Gasteiger partial charge in [0.25, 0.3) is 0 Å². The average molecular weight is 322 g/mol. The molecule has 1 unspecified atom stereocenters. The zero-order valence-corrected chi connectivity index (χ0v) is 13.6. The van der Waals surface area contributed by atoms with Gasteiger partial charge in [0, 0.05) is 4.88 Å². The van der Waals surface area contributed by atoms with Crippen molar-refractivity contribution in [2.24, 2.45) is 16.7 Å². The number of rotatable bonds is 2. The number of halogens is 2. The number of alkyl halides is 1. The van der Waals surface area contributed by atoms with Crippen LogP contribution < -0.4 is 0 Å². The maximum absolute atomic E-state index is 6.68. The molecule has 0 N–H and O–H groups in total. The van der Waals surface area contributed by atoms with Crippen molar-refractivity contribution >= 4 is 38.9 Å². The molecule has 0 aromatic carbocycles. The number of aryl methyl sites for hydroxylation is 1. The van der Waals surface area contributed by atoms with Gasteiger partial charge >= 0.3 is 0 Å². The van der Waals surface area contributed by atoms with E-state index in [-0.39, 0.29) is 5.38 Å². The first kappa shape index (κ1) is 12.9. The first-order valence-electron chi connectivity index (χ1n) is 5.59. The Labute approximate surface area is 116 Å². The zero-order chi connectivity index (χ0) is 12.3. The van der Waals surface area contributed by atoms with Crippen LogP contribution in [-0.2, 0) is 0 Å². The lowest BCUT2D eigenvalue weighted by atomic mass is 10.0. The van der Waals surface area contributed by atoms with E-state index >= 15 is 0 Å². The molecule has 1 atom stereocenters. The summed E-state index contributed by atoms with van der Waals surface area (Å²) in [5.74, 6) is 0.571. The fourth-order valence-electron chi connectivity index (χ4n) is 2.89. The molecule has 0 radical (unpaired) electrons. The van der Waals surface area contributed by atoms with Crippen LogP contribution in [0, 0.1) is 23.7 Å². The van der Waals surface area contributed by atoms with Crippen molar-refractivity contribution < 1.29 is 0 Å². The predicted octanol–water partition coefficient (Wildman–Crippen LogP) is 5.78. The summed E-state index contributed by atoms with van der Waals surface area (Å²) in [6.07, 6.45) is 0. The van der Waals surface area contributed by atoms with Crippen LogP contribution in [0.15, 0.2) is 9.85 Å². The molecule has 1 heterocycles. The Morgan fingerprint density at radius 3 is 2.12 bits per heavy atom. The standard InChI is InChI=1S/C13H18BrClS/c1-7-8(6-9(14)16-7)10(15)11-12(2,3)13(11,4)5/h6,10-11H,1-5H3. The van der Waals surface area contributed by atoms with Crippen LogP contribution >= 0.6 is 38.9 Å². The summed E-state index contributed by atoms with van der Waals surface area (Å²) in [4.78, 5) is 1.34. The summed E-state index contributed by atoms with van der Waals surface area (Å²) in [5, 5.41) is 0.146. The summed E-state index contributed by atoms with van der Waals surface area (Å²) < 4.78 is 1.18. The third-order valence-electron chi connectivity index (χ3n) is 4.65. The molecule has 0 amide bonds. The Hall–Kier alpha value is 0.470. The Bertz CT molecular complexity index is 406. The molecule has 1 aliphatic rings. The first-order valence-corrected chi connectivity index (χ1v) is 7.64. The smallest absolute Gasteiger partial charge is 0.0704 e. The summed E-state index contributed by atoms with van der Waals surface area (Å²) in [5.41, 5.74) is 2.00. The van der Waals surface area contributed by atoms with Gasteiger partial charge in [0.2, 0.25) is 0 Å². The molecule has 1 aromatic rings. The quantitative estimate of drug-likeness (QED) is 0.606. The molecule has 1 aromatic heterocycles. The summed E-state index contributed by atoms with van der Waals surface area (Å²) in [6, 6.07) is 2.18. The fraction of sp³-hybridized carbons (Fsp3) is 0.692. The minimum Gasteiger partial charge on any atom is -0.133 e. The van der Waals surface area contributed by atoms with Crippen LogP contribution in [0.2, 0.25) is 0 Å². The largest absolute Gasteiger partial charge is 0.133 e. The lowest BCUT2D eigenvalue weighted by Crippen LogP contribution is -1.99. The maximum Gasteiger partial charge on any atom is 0.0704 e. The monoisotopic (exact) mass is 320 g/mol. The summed E-state index contributed by atoms with van der Waals surface area (Å²) in [6.45, 7) is 11.4. The minimum atomic E-state index is 0.146. The third-order valence-corrected chi connectivity index (χ3v) is 6.70. The zero-order valence-electron chi connectivity index (χ0n) is 10.4. The van der Waals surface area contributed by atoms with Gasteiger partial charge in [0.05, 0.1) is 9.16 Å². The van der Waals surface area contributed by atoms with Gasteiger partial charge in [0.1, 0.15) is 0 Å². The molecule has 0 nitrogen and oxygen atoms in total. The molecule has 1 fully saturated rings. The van der Waals surface area contributed by atoms with E-state index in [2.05, 4.69) is 56.6 Å². The van der Waals surface area contributed by atoms with E-state index < -0.39 is 0 Å². The van der Waals surface area contributed by atoms with Crippen molar-refractivity contribution in [2.45, 2.75) is 40.0 Å². The molecule has 3 heteroatoms. The van der Waals surface area contributed by atoms with E-state index in [1.54, 1.807) is 11.3 Å².